The maximum atomic E-state index is 4.47. The summed E-state index contributed by atoms with van der Waals surface area (Å²) < 4.78 is 0. The standard InChI is InChI=1S/C32H65/c1-8-9-10-13-20-29(4)22-15-17-24-31(6)26-27-32(7)25-18-16-23-30(5)21-14-11-12-19-28(2)3/h28-32H,7-27H2,1-6H3. The average Bonchev–Trinajstić information content (AvgIpc) is 2.75. The lowest BCUT2D eigenvalue weighted by Gasteiger charge is -2.17. The third-order valence-corrected chi connectivity index (χ3v) is 7.80. The molecule has 0 saturated heterocycles. The van der Waals surface area contributed by atoms with Gasteiger partial charge in [0.15, 0.2) is 0 Å². The molecule has 0 amide bonds. The molecule has 0 aliphatic rings. The third kappa shape index (κ3) is 23.2. The van der Waals surface area contributed by atoms with Gasteiger partial charge in [-0.3, -0.25) is 0 Å². The Bertz CT molecular complexity index is 357. The fourth-order valence-corrected chi connectivity index (χ4v) is 5.15. The van der Waals surface area contributed by atoms with E-state index in [9.17, 15) is 0 Å². The van der Waals surface area contributed by atoms with E-state index in [0.29, 0.717) is 5.92 Å². The number of unbranched alkanes of at least 4 members (excludes halogenated alkanes) is 7. The Balaban J connectivity index is 3.52. The highest BCUT2D eigenvalue weighted by Gasteiger charge is 2.09. The second kappa shape index (κ2) is 22.8. The Hall–Kier alpha value is 0. The molecule has 0 bridgehead atoms. The lowest BCUT2D eigenvalue weighted by atomic mass is 9.89. The van der Waals surface area contributed by atoms with Gasteiger partial charge < -0.3 is 0 Å². The first-order chi connectivity index (χ1) is 15.3. The van der Waals surface area contributed by atoms with Crippen LogP contribution in [0, 0.1) is 36.5 Å². The van der Waals surface area contributed by atoms with E-state index in [2.05, 4.69) is 48.5 Å². The van der Waals surface area contributed by atoms with Crippen molar-refractivity contribution in [1.29, 1.82) is 0 Å². The van der Waals surface area contributed by atoms with Crippen molar-refractivity contribution in [2.75, 3.05) is 0 Å². The molecule has 0 heteroatoms. The molecule has 32 heavy (non-hydrogen) atoms. The zero-order chi connectivity index (χ0) is 24.0. The largest absolute Gasteiger partial charge is 0.0654 e. The van der Waals surface area contributed by atoms with Crippen LogP contribution in [0.2, 0.25) is 0 Å². The predicted octanol–water partition coefficient (Wildman–Crippen LogP) is 11.8. The maximum absolute atomic E-state index is 4.47. The molecular weight excluding hydrogens is 384 g/mol. The fraction of sp³-hybridized carbons (Fsp3) is 0.969. The molecular formula is C32H65. The molecule has 0 aromatic carbocycles. The minimum absolute atomic E-state index is 0.687. The predicted molar refractivity (Wildman–Crippen MR) is 149 cm³/mol. The van der Waals surface area contributed by atoms with Crippen LogP contribution in [-0.4, -0.2) is 0 Å². The van der Waals surface area contributed by atoms with Crippen LogP contribution in [0.3, 0.4) is 0 Å². The Morgan fingerprint density at radius 2 is 0.781 bits per heavy atom. The second-order valence-corrected chi connectivity index (χ2v) is 12.2. The highest BCUT2D eigenvalue weighted by molar-refractivity contribution is 4.66. The summed E-state index contributed by atoms with van der Waals surface area (Å²) in [5.74, 6) is 4.34. The van der Waals surface area contributed by atoms with E-state index in [0.717, 1.165) is 23.7 Å². The first-order valence-corrected chi connectivity index (χ1v) is 15.2. The molecule has 0 aromatic rings. The third-order valence-electron chi connectivity index (χ3n) is 7.80. The van der Waals surface area contributed by atoms with Gasteiger partial charge in [0.2, 0.25) is 0 Å². The van der Waals surface area contributed by atoms with E-state index in [1.54, 1.807) is 0 Å². The van der Waals surface area contributed by atoms with Crippen LogP contribution in [0.1, 0.15) is 170 Å². The Kier molecular flexibility index (Phi) is 22.8. The molecule has 1 radical (unpaired) electrons. The molecule has 0 N–H and O–H groups in total. The molecule has 0 fully saturated rings. The molecule has 0 aliphatic heterocycles. The van der Waals surface area contributed by atoms with Crippen molar-refractivity contribution < 1.29 is 0 Å². The van der Waals surface area contributed by atoms with Crippen molar-refractivity contribution in [2.24, 2.45) is 29.6 Å². The van der Waals surface area contributed by atoms with E-state index < -0.39 is 0 Å². The molecule has 0 spiro atoms. The minimum atomic E-state index is 0.687. The topological polar surface area (TPSA) is 0 Å². The van der Waals surface area contributed by atoms with Gasteiger partial charge in [0, 0.05) is 0 Å². The van der Waals surface area contributed by atoms with Gasteiger partial charge in [-0.05, 0) is 29.6 Å². The highest BCUT2D eigenvalue weighted by Crippen LogP contribution is 2.24. The molecule has 0 heterocycles. The van der Waals surface area contributed by atoms with Crippen molar-refractivity contribution in [1.82, 2.24) is 0 Å². The molecule has 0 saturated carbocycles. The summed E-state index contributed by atoms with van der Waals surface area (Å²) in [7, 11) is 0. The van der Waals surface area contributed by atoms with Gasteiger partial charge in [-0.25, -0.2) is 0 Å². The van der Waals surface area contributed by atoms with Gasteiger partial charge in [0.05, 0.1) is 0 Å². The number of hydrogen-bond acceptors (Lipinski definition) is 0. The van der Waals surface area contributed by atoms with Gasteiger partial charge in [-0.2, -0.15) is 0 Å². The highest BCUT2D eigenvalue weighted by atomic mass is 14.1. The van der Waals surface area contributed by atoms with E-state index in [-0.39, 0.29) is 0 Å². The SMILES string of the molecule is [CH2]C(CCCCC(C)CCCCCC(C)C)CCC(C)CCCCC(C)CCCCCC. The van der Waals surface area contributed by atoms with Crippen molar-refractivity contribution in [3.8, 4) is 0 Å². The Morgan fingerprint density at radius 3 is 1.25 bits per heavy atom. The molecule has 0 rings (SSSR count). The van der Waals surface area contributed by atoms with Crippen LogP contribution in [0.5, 0.6) is 0 Å². The van der Waals surface area contributed by atoms with Crippen molar-refractivity contribution in [2.45, 2.75) is 170 Å². The first kappa shape index (κ1) is 32.0. The van der Waals surface area contributed by atoms with E-state index >= 15 is 0 Å². The molecule has 0 aliphatic carbocycles. The summed E-state index contributed by atoms with van der Waals surface area (Å²) in [4.78, 5) is 0. The lowest BCUT2D eigenvalue weighted by Crippen LogP contribution is -2.02. The summed E-state index contributed by atoms with van der Waals surface area (Å²) in [6.45, 7) is 18.9. The zero-order valence-corrected chi connectivity index (χ0v) is 23.7. The summed E-state index contributed by atoms with van der Waals surface area (Å²) >= 11 is 0. The molecule has 4 unspecified atom stereocenters. The van der Waals surface area contributed by atoms with Crippen LogP contribution in [0.15, 0.2) is 0 Å². The lowest BCUT2D eigenvalue weighted by molar-refractivity contribution is 0.376. The second-order valence-electron chi connectivity index (χ2n) is 12.2. The Morgan fingerprint density at radius 1 is 0.406 bits per heavy atom. The van der Waals surface area contributed by atoms with E-state index in [1.807, 2.05) is 0 Å². The van der Waals surface area contributed by atoms with Crippen molar-refractivity contribution in [3.05, 3.63) is 6.92 Å². The summed E-state index contributed by atoms with van der Waals surface area (Å²) in [5, 5.41) is 0. The van der Waals surface area contributed by atoms with Crippen LogP contribution in [-0.2, 0) is 0 Å². The number of rotatable bonds is 24. The van der Waals surface area contributed by atoms with Crippen LogP contribution < -0.4 is 0 Å². The molecule has 0 aromatic heterocycles. The molecule has 193 valence electrons. The monoisotopic (exact) mass is 450 g/mol. The first-order valence-electron chi connectivity index (χ1n) is 15.2. The summed E-state index contributed by atoms with van der Waals surface area (Å²) in [6.07, 6.45) is 28.4. The minimum Gasteiger partial charge on any atom is -0.0654 e. The van der Waals surface area contributed by atoms with Gasteiger partial charge in [-0.1, -0.05) is 177 Å². The van der Waals surface area contributed by atoms with E-state index in [4.69, 9.17) is 0 Å². The summed E-state index contributed by atoms with van der Waals surface area (Å²) in [6, 6.07) is 0. The normalized spacial score (nSPS) is 15.8. The van der Waals surface area contributed by atoms with Gasteiger partial charge >= 0.3 is 0 Å². The van der Waals surface area contributed by atoms with E-state index in [1.165, 1.54) is 128 Å². The maximum Gasteiger partial charge on any atom is -0.0414 e. The van der Waals surface area contributed by atoms with Crippen LogP contribution >= 0.6 is 0 Å². The Labute approximate surface area is 206 Å². The number of hydrogen-bond donors (Lipinski definition) is 0. The quantitative estimate of drug-likeness (QED) is 0.128. The van der Waals surface area contributed by atoms with Crippen LogP contribution in [0.4, 0.5) is 0 Å². The van der Waals surface area contributed by atoms with Crippen LogP contribution in [0.25, 0.3) is 0 Å². The van der Waals surface area contributed by atoms with Crippen molar-refractivity contribution in [3.63, 3.8) is 0 Å². The van der Waals surface area contributed by atoms with Gasteiger partial charge in [-0.15, -0.1) is 0 Å². The van der Waals surface area contributed by atoms with Crippen molar-refractivity contribution >= 4 is 0 Å². The molecule has 0 nitrogen and oxygen atoms in total. The summed E-state index contributed by atoms with van der Waals surface area (Å²) in [5.41, 5.74) is 0. The van der Waals surface area contributed by atoms with Gasteiger partial charge in [0.25, 0.3) is 0 Å². The smallest absolute Gasteiger partial charge is 0.0414 e. The molecule has 4 atom stereocenters. The zero-order valence-electron chi connectivity index (χ0n) is 23.7. The fourth-order valence-electron chi connectivity index (χ4n) is 5.15. The van der Waals surface area contributed by atoms with Gasteiger partial charge in [0.1, 0.15) is 0 Å². The average molecular weight is 450 g/mol.